The van der Waals surface area contributed by atoms with Crippen LogP contribution in [0.15, 0.2) is 12.4 Å². The van der Waals surface area contributed by atoms with Gasteiger partial charge >= 0.3 is 0 Å². The molecule has 14 heavy (non-hydrogen) atoms. The Balaban J connectivity index is 1.89. The van der Waals surface area contributed by atoms with Crippen molar-refractivity contribution >= 4 is 0 Å². The van der Waals surface area contributed by atoms with Gasteiger partial charge in [0.25, 0.3) is 0 Å². The Labute approximate surface area is 84.9 Å². The van der Waals surface area contributed by atoms with Gasteiger partial charge in [0.15, 0.2) is 0 Å². The van der Waals surface area contributed by atoms with E-state index in [1.165, 1.54) is 18.5 Å². The SMILES string of the molecule is Cn1cc(CN2CCCNCC2)cn1. The van der Waals surface area contributed by atoms with Crippen LogP contribution in [0.25, 0.3) is 0 Å². The van der Waals surface area contributed by atoms with Crippen LogP contribution in [0.2, 0.25) is 0 Å². The molecule has 0 unspecified atom stereocenters. The first-order valence-corrected chi connectivity index (χ1v) is 5.25. The molecule has 4 nitrogen and oxygen atoms in total. The first-order valence-electron chi connectivity index (χ1n) is 5.25. The molecule has 2 heterocycles. The molecule has 1 aliphatic heterocycles. The fraction of sp³-hybridized carbons (Fsp3) is 0.700. The molecule has 1 aromatic rings. The van der Waals surface area contributed by atoms with Crippen molar-refractivity contribution in [3.8, 4) is 0 Å². The number of hydrogen-bond donors (Lipinski definition) is 1. The molecule has 0 saturated carbocycles. The van der Waals surface area contributed by atoms with E-state index in [1.807, 2.05) is 17.9 Å². The lowest BCUT2D eigenvalue weighted by Gasteiger charge is -2.17. The van der Waals surface area contributed by atoms with Crippen molar-refractivity contribution in [2.75, 3.05) is 26.2 Å². The molecule has 1 saturated heterocycles. The summed E-state index contributed by atoms with van der Waals surface area (Å²) < 4.78 is 1.87. The zero-order chi connectivity index (χ0) is 9.80. The summed E-state index contributed by atoms with van der Waals surface area (Å²) in [6, 6.07) is 0. The topological polar surface area (TPSA) is 33.1 Å². The van der Waals surface area contributed by atoms with Gasteiger partial charge in [0, 0.05) is 38.4 Å². The smallest absolute Gasteiger partial charge is 0.0534 e. The normalized spacial score (nSPS) is 19.5. The predicted molar refractivity (Wildman–Crippen MR) is 56.0 cm³/mol. The van der Waals surface area contributed by atoms with Crippen LogP contribution >= 0.6 is 0 Å². The van der Waals surface area contributed by atoms with Gasteiger partial charge in [-0.1, -0.05) is 0 Å². The lowest BCUT2D eigenvalue weighted by Crippen LogP contribution is -2.27. The maximum atomic E-state index is 4.18. The number of rotatable bonds is 2. The highest BCUT2D eigenvalue weighted by Crippen LogP contribution is 2.04. The van der Waals surface area contributed by atoms with E-state index < -0.39 is 0 Å². The van der Waals surface area contributed by atoms with Crippen molar-refractivity contribution < 1.29 is 0 Å². The van der Waals surface area contributed by atoms with E-state index in [4.69, 9.17) is 0 Å². The van der Waals surface area contributed by atoms with Gasteiger partial charge in [-0.2, -0.15) is 5.10 Å². The molecule has 0 atom stereocenters. The van der Waals surface area contributed by atoms with Gasteiger partial charge in [-0.05, 0) is 19.5 Å². The second-order valence-corrected chi connectivity index (χ2v) is 3.90. The number of hydrogen-bond acceptors (Lipinski definition) is 3. The van der Waals surface area contributed by atoms with Gasteiger partial charge < -0.3 is 5.32 Å². The minimum Gasteiger partial charge on any atom is -0.315 e. The highest BCUT2D eigenvalue weighted by Gasteiger charge is 2.09. The molecule has 4 heteroatoms. The van der Waals surface area contributed by atoms with Crippen LogP contribution < -0.4 is 5.32 Å². The number of nitrogens with zero attached hydrogens (tertiary/aromatic N) is 3. The van der Waals surface area contributed by atoms with E-state index in [2.05, 4.69) is 21.5 Å². The average molecular weight is 194 g/mol. The van der Waals surface area contributed by atoms with Crippen molar-refractivity contribution in [2.24, 2.45) is 7.05 Å². The van der Waals surface area contributed by atoms with E-state index in [9.17, 15) is 0 Å². The van der Waals surface area contributed by atoms with Crippen molar-refractivity contribution in [2.45, 2.75) is 13.0 Å². The van der Waals surface area contributed by atoms with Crippen LogP contribution in [0.4, 0.5) is 0 Å². The fourth-order valence-corrected chi connectivity index (χ4v) is 1.87. The maximum Gasteiger partial charge on any atom is 0.0534 e. The molecule has 0 aliphatic carbocycles. The fourth-order valence-electron chi connectivity index (χ4n) is 1.87. The van der Waals surface area contributed by atoms with Crippen molar-refractivity contribution in [3.05, 3.63) is 18.0 Å². The standard InChI is InChI=1S/C10H18N4/c1-13-8-10(7-12-13)9-14-5-2-3-11-4-6-14/h7-8,11H,2-6,9H2,1H3. The van der Waals surface area contributed by atoms with Crippen LogP contribution in [0.1, 0.15) is 12.0 Å². The number of nitrogens with one attached hydrogen (secondary N) is 1. The third-order valence-electron chi connectivity index (χ3n) is 2.60. The summed E-state index contributed by atoms with van der Waals surface area (Å²) in [5.74, 6) is 0. The third kappa shape index (κ3) is 2.56. The van der Waals surface area contributed by atoms with Crippen molar-refractivity contribution in [1.82, 2.24) is 20.0 Å². The molecule has 0 amide bonds. The Morgan fingerprint density at radius 2 is 2.36 bits per heavy atom. The molecule has 2 rings (SSSR count). The molecule has 1 N–H and O–H groups in total. The van der Waals surface area contributed by atoms with E-state index >= 15 is 0 Å². The van der Waals surface area contributed by atoms with Gasteiger partial charge in [0.1, 0.15) is 0 Å². The summed E-state index contributed by atoms with van der Waals surface area (Å²) in [5, 5.41) is 7.59. The molecule has 78 valence electrons. The minimum atomic E-state index is 1.04. The van der Waals surface area contributed by atoms with Gasteiger partial charge in [-0.15, -0.1) is 0 Å². The molecule has 1 fully saturated rings. The Morgan fingerprint density at radius 1 is 1.43 bits per heavy atom. The monoisotopic (exact) mass is 194 g/mol. The molecule has 1 aliphatic rings. The summed E-state index contributed by atoms with van der Waals surface area (Å²) in [6.45, 7) is 5.65. The summed E-state index contributed by atoms with van der Waals surface area (Å²) in [7, 11) is 1.97. The molecular weight excluding hydrogens is 176 g/mol. The molecule has 0 spiro atoms. The van der Waals surface area contributed by atoms with E-state index in [-0.39, 0.29) is 0 Å². The average Bonchev–Trinajstić information content (AvgIpc) is 2.43. The lowest BCUT2D eigenvalue weighted by molar-refractivity contribution is 0.284. The lowest BCUT2D eigenvalue weighted by atomic mass is 10.3. The maximum absolute atomic E-state index is 4.18. The summed E-state index contributed by atoms with van der Waals surface area (Å²) >= 11 is 0. The van der Waals surface area contributed by atoms with Gasteiger partial charge in [0.2, 0.25) is 0 Å². The molecule has 1 aromatic heterocycles. The largest absolute Gasteiger partial charge is 0.315 e. The highest BCUT2D eigenvalue weighted by atomic mass is 15.2. The van der Waals surface area contributed by atoms with Gasteiger partial charge in [-0.25, -0.2) is 0 Å². The second kappa shape index (κ2) is 4.57. The number of aromatic nitrogens is 2. The van der Waals surface area contributed by atoms with Crippen molar-refractivity contribution in [3.63, 3.8) is 0 Å². The molecule has 0 bridgehead atoms. The van der Waals surface area contributed by atoms with E-state index in [1.54, 1.807) is 0 Å². The Bertz CT molecular complexity index is 273. The Morgan fingerprint density at radius 3 is 3.14 bits per heavy atom. The van der Waals surface area contributed by atoms with Crippen LogP contribution in [0, 0.1) is 0 Å². The first-order chi connectivity index (χ1) is 6.84. The second-order valence-electron chi connectivity index (χ2n) is 3.90. The number of aryl methyl sites for hydroxylation is 1. The predicted octanol–water partition coefficient (Wildman–Crippen LogP) is 0.215. The Hall–Kier alpha value is -0.870. The van der Waals surface area contributed by atoms with E-state index in [0.717, 1.165) is 26.2 Å². The van der Waals surface area contributed by atoms with Gasteiger partial charge in [-0.3, -0.25) is 9.58 Å². The third-order valence-corrected chi connectivity index (χ3v) is 2.60. The molecule has 0 radical (unpaired) electrons. The first kappa shape index (κ1) is 9.68. The van der Waals surface area contributed by atoms with Crippen LogP contribution in [0.5, 0.6) is 0 Å². The van der Waals surface area contributed by atoms with Crippen LogP contribution in [0.3, 0.4) is 0 Å². The molecule has 0 aromatic carbocycles. The van der Waals surface area contributed by atoms with E-state index in [0.29, 0.717) is 0 Å². The zero-order valence-electron chi connectivity index (χ0n) is 8.74. The van der Waals surface area contributed by atoms with Crippen LogP contribution in [-0.2, 0) is 13.6 Å². The highest BCUT2D eigenvalue weighted by molar-refractivity contribution is 5.03. The molecular formula is C10H18N4. The summed E-state index contributed by atoms with van der Waals surface area (Å²) in [5.41, 5.74) is 1.31. The Kier molecular flexibility index (Phi) is 3.16. The van der Waals surface area contributed by atoms with Gasteiger partial charge in [0.05, 0.1) is 6.20 Å². The quantitative estimate of drug-likeness (QED) is 0.731. The zero-order valence-corrected chi connectivity index (χ0v) is 8.74. The minimum absolute atomic E-state index is 1.04. The summed E-state index contributed by atoms with van der Waals surface area (Å²) in [6.07, 6.45) is 5.30. The van der Waals surface area contributed by atoms with Crippen LogP contribution in [-0.4, -0.2) is 40.9 Å². The summed E-state index contributed by atoms with van der Waals surface area (Å²) in [4.78, 5) is 2.48. The van der Waals surface area contributed by atoms with Crippen molar-refractivity contribution in [1.29, 1.82) is 0 Å².